The molecule has 5 nitrogen and oxygen atoms in total. The van der Waals surface area contributed by atoms with Gasteiger partial charge < -0.3 is 5.32 Å². The third-order valence-electron chi connectivity index (χ3n) is 4.84. The van der Waals surface area contributed by atoms with Crippen molar-refractivity contribution in [3.63, 3.8) is 0 Å². The van der Waals surface area contributed by atoms with Crippen LogP contribution < -0.4 is 5.32 Å². The van der Waals surface area contributed by atoms with Crippen molar-refractivity contribution in [2.75, 3.05) is 11.9 Å². The lowest BCUT2D eigenvalue weighted by Gasteiger charge is -2.23. The van der Waals surface area contributed by atoms with Crippen LogP contribution in [0.5, 0.6) is 0 Å². The van der Waals surface area contributed by atoms with E-state index in [1.54, 1.807) is 19.1 Å². The van der Waals surface area contributed by atoms with E-state index < -0.39 is 52.3 Å². The fourth-order valence-electron chi connectivity index (χ4n) is 3.11. The summed E-state index contributed by atoms with van der Waals surface area (Å²) in [5, 5.41) is 1.90. The molecule has 0 aliphatic rings. The zero-order valence-electron chi connectivity index (χ0n) is 17.7. The van der Waals surface area contributed by atoms with Crippen LogP contribution in [0.25, 0.3) is 0 Å². The first-order valence-corrected chi connectivity index (χ1v) is 11.7. The highest BCUT2D eigenvalue weighted by Crippen LogP contribution is 2.36. The third kappa shape index (κ3) is 6.13. The second kappa shape index (κ2) is 10.1. The molecule has 0 aromatic heterocycles. The van der Waals surface area contributed by atoms with Gasteiger partial charge >= 0.3 is 6.18 Å². The van der Waals surface area contributed by atoms with E-state index in [9.17, 15) is 30.8 Å². The summed E-state index contributed by atoms with van der Waals surface area (Å²) in [5.41, 5.74) is -0.982. The summed E-state index contributed by atoms with van der Waals surface area (Å²) in [5.74, 6) is -1.73. The summed E-state index contributed by atoms with van der Waals surface area (Å²) in [4.78, 5) is 12.5. The normalized spacial score (nSPS) is 12.1. The van der Waals surface area contributed by atoms with Gasteiger partial charge in [0.15, 0.2) is 0 Å². The number of alkyl halides is 3. The number of anilines is 1. The summed E-state index contributed by atoms with van der Waals surface area (Å²) in [6.07, 6.45) is -4.81. The highest BCUT2D eigenvalue weighted by molar-refractivity contribution is 7.89. The van der Waals surface area contributed by atoms with Crippen molar-refractivity contribution in [1.82, 2.24) is 4.31 Å². The summed E-state index contributed by atoms with van der Waals surface area (Å²) >= 11 is 5.65. The average molecular weight is 515 g/mol. The maximum absolute atomic E-state index is 14.2. The fourth-order valence-corrected chi connectivity index (χ4v) is 4.66. The number of halogens is 5. The first-order chi connectivity index (χ1) is 15.9. The number of benzene rings is 3. The van der Waals surface area contributed by atoms with E-state index in [4.69, 9.17) is 11.6 Å². The predicted molar refractivity (Wildman–Crippen MR) is 120 cm³/mol. The minimum Gasteiger partial charge on any atom is -0.324 e. The molecule has 0 atom stereocenters. The molecule has 0 fully saturated rings. The number of hydrogen-bond donors (Lipinski definition) is 1. The van der Waals surface area contributed by atoms with Crippen molar-refractivity contribution < 1.29 is 30.8 Å². The smallest absolute Gasteiger partial charge is 0.324 e. The second-order valence-corrected chi connectivity index (χ2v) is 9.79. The lowest BCUT2D eigenvalue weighted by Crippen LogP contribution is -2.38. The van der Waals surface area contributed by atoms with Gasteiger partial charge in [-0.05, 0) is 43.3 Å². The molecule has 3 aromatic carbocycles. The topological polar surface area (TPSA) is 66.5 Å². The molecule has 0 heterocycles. The number of aryl methyl sites for hydroxylation is 1. The molecular weight excluding hydrogens is 496 g/mol. The highest BCUT2D eigenvalue weighted by Gasteiger charge is 2.35. The number of sulfonamides is 1. The van der Waals surface area contributed by atoms with Crippen LogP contribution in [0.3, 0.4) is 0 Å². The van der Waals surface area contributed by atoms with Crippen LogP contribution in [0.1, 0.15) is 16.7 Å². The molecule has 11 heteroatoms. The second-order valence-electron chi connectivity index (χ2n) is 7.41. The van der Waals surface area contributed by atoms with Gasteiger partial charge in [0.1, 0.15) is 5.82 Å². The van der Waals surface area contributed by atoms with Gasteiger partial charge in [-0.15, -0.1) is 0 Å². The molecule has 34 heavy (non-hydrogen) atoms. The molecule has 3 rings (SSSR count). The fraction of sp³-hybridized carbons (Fsp3) is 0.174. The number of rotatable bonds is 7. The van der Waals surface area contributed by atoms with Crippen molar-refractivity contribution in [3.05, 3.63) is 94.3 Å². The molecule has 1 N–H and O–H groups in total. The minimum absolute atomic E-state index is 0.00606. The van der Waals surface area contributed by atoms with Gasteiger partial charge in [0.2, 0.25) is 15.9 Å². The maximum atomic E-state index is 14.2. The largest absolute Gasteiger partial charge is 0.418 e. The summed E-state index contributed by atoms with van der Waals surface area (Å²) in [7, 11) is -4.30. The van der Waals surface area contributed by atoms with E-state index in [0.29, 0.717) is 10.4 Å². The lowest BCUT2D eigenvalue weighted by molar-refractivity contribution is -0.137. The molecule has 1 amide bonds. The van der Waals surface area contributed by atoms with E-state index in [1.165, 1.54) is 30.3 Å². The van der Waals surface area contributed by atoms with Gasteiger partial charge in [-0.2, -0.15) is 17.5 Å². The molecular formula is C23H19ClF4N2O3S. The Morgan fingerprint density at radius 3 is 2.29 bits per heavy atom. The van der Waals surface area contributed by atoms with Gasteiger partial charge in [-0.3, -0.25) is 4.79 Å². The van der Waals surface area contributed by atoms with E-state index in [-0.39, 0.29) is 15.5 Å². The van der Waals surface area contributed by atoms with E-state index in [1.807, 2.05) is 0 Å². The Kier molecular flexibility index (Phi) is 7.64. The van der Waals surface area contributed by atoms with E-state index >= 15 is 0 Å². The number of nitrogens with zero attached hydrogens (tertiary/aromatic N) is 1. The SMILES string of the molecule is Cc1ccc(S(=O)(=O)N(CC(=O)Nc2ccc(Cl)cc2C(F)(F)F)Cc2ccccc2F)cc1. The zero-order chi connectivity index (χ0) is 25.1. The van der Waals surface area contributed by atoms with Crippen LogP contribution in [-0.4, -0.2) is 25.2 Å². The Morgan fingerprint density at radius 2 is 1.68 bits per heavy atom. The van der Waals surface area contributed by atoms with E-state index in [2.05, 4.69) is 5.32 Å². The van der Waals surface area contributed by atoms with Crippen molar-refractivity contribution in [2.45, 2.75) is 24.5 Å². The van der Waals surface area contributed by atoms with Crippen LogP contribution in [0, 0.1) is 12.7 Å². The Labute approximate surface area is 199 Å². The third-order valence-corrected chi connectivity index (χ3v) is 6.89. The summed E-state index contributed by atoms with van der Waals surface area (Å²) in [6.45, 7) is 0.388. The van der Waals surface area contributed by atoms with Crippen molar-refractivity contribution in [2.24, 2.45) is 0 Å². The van der Waals surface area contributed by atoms with Crippen LogP contribution in [0.15, 0.2) is 71.6 Å². The van der Waals surface area contributed by atoms with Gasteiger partial charge in [0.05, 0.1) is 22.7 Å². The first kappa shape index (κ1) is 25.7. The lowest BCUT2D eigenvalue weighted by atomic mass is 10.1. The van der Waals surface area contributed by atoms with Gasteiger partial charge in [0.25, 0.3) is 0 Å². The average Bonchev–Trinajstić information content (AvgIpc) is 2.75. The molecule has 0 aliphatic carbocycles. The quantitative estimate of drug-likeness (QED) is 0.415. The van der Waals surface area contributed by atoms with Gasteiger partial charge in [-0.25, -0.2) is 12.8 Å². The Hall–Kier alpha value is -2.95. The predicted octanol–water partition coefficient (Wildman–Crippen LogP) is 5.64. The monoisotopic (exact) mass is 514 g/mol. The van der Waals surface area contributed by atoms with Crippen LogP contribution in [0.4, 0.5) is 23.2 Å². The zero-order valence-corrected chi connectivity index (χ0v) is 19.3. The van der Waals surface area contributed by atoms with Gasteiger partial charge in [0, 0.05) is 17.1 Å². The molecule has 0 saturated heterocycles. The van der Waals surface area contributed by atoms with Crippen LogP contribution in [0.2, 0.25) is 5.02 Å². The molecule has 3 aromatic rings. The molecule has 0 saturated carbocycles. The molecule has 0 aliphatic heterocycles. The van der Waals surface area contributed by atoms with E-state index in [0.717, 1.165) is 23.8 Å². The molecule has 180 valence electrons. The Balaban J connectivity index is 1.94. The number of carbonyl (C=O) groups is 1. The first-order valence-electron chi connectivity index (χ1n) is 9.85. The Bertz CT molecular complexity index is 1300. The standard InChI is InChI=1S/C23H19ClF4N2O3S/c1-15-6-9-18(10-7-15)34(32,33)30(13-16-4-2-3-5-20(16)25)14-22(31)29-21-11-8-17(24)12-19(21)23(26,27)28/h2-12H,13-14H2,1H3,(H,29,31). The number of amides is 1. The molecule has 0 unspecified atom stereocenters. The number of hydrogen-bond acceptors (Lipinski definition) is 3. The maximum Gasteiger partial charge on any atom is 0.418 e. The van der Waals surface area contributed by atoms with Crippen molar-refractivity contribution in [3.8, 4) is 0 Å². The number of nitrogens with one attached hydrogen (secondary N) is 1. The van der Waals surface area contributed by atoms with Crippen molar-refractivity contribution >= 4 is 33.2 Å². The molecule has 0 spiro atoms. The highest BCUT2D eigenvalue weighted by atomic mass is 35.5. The van der Waals surface area contributed by atoms with Crippen LogP contribution >= 0.6 is 11.6 Å². The Morgan fingerprint density at radius 1 is 1.03 bits per heavy atom. The van der Waals surface area contributed by atoms with Crippen LogP contribution in [-0.2, 0) is 27.5 Å². The summed E-state index contributed by atoms with van der Waals surface area (Å²) in [6, 6.07) is 14.0. The molecule has 0 radical (unpaired) electrons. The van der Waals surface area contributed by atoms with Gasteiger partial charge in [-0.1, -0.05) is 47.5 Å². The number of carbonyl (C=O) groups excluding carboxylic acids is 1. The summed E-state index contributed by atoms with van der Waals surface area (Å²) < 4.78 is 81.5. The van der Waals surface area contributed by atoms with Crippen molar-refractivity contribution in [1.29, 1.82) is 0 Å². The molecule has 0 bridgehead atoms. The minimum atomic E-state index is -4.81.